The highest BCUT2D eigenvalue weighted by Crippen LogP contribution is 2.15. The van der Waals surface area contributed by atoms with Crippen LogP contribution >= 0.6 is 0 Å². The van der Waals surface area contributed by atoms with Crippen LogP contribution in [0.4, 0.5) is 10.1 Å². The van der Waals surface area contributed by atoms with Crippen molar-refractivity contribution >= 4 is 5.69 Å². The second kappa shape index (κ2) is 8.09. The fourth-order valence-corrected chi connectivity index (χ4v) is 2.02. The Morgan fingerprint density at radius 3 is 2.33 bits per heavy atom. The van der Waals surface area contributed by atoms with Crippen molar-refractivity contribution in [2.75, 3.05) is 24.5 Å². The van der Waals surface area contributed by atoms with Gasteiger partial charge in [0, 0.05) is 24.8 Å². The molecule has 1 atom stereocenters. The van der Waals surface area contributed by atoms with E-state index in [4.69, 9.17) is 0 Å². The highest BCUT2D eigenvalue weighted by Gasteiger charge is 2.11. The fourth-order valence-electron chi connectivity index (χ4n) is 2.02. The molecule has 1 N–H and O–H groups in total. The first-order chi connectivity index (χ1) is 8.71. The van der Waals surface area contributed by atoms with Gasteiger partial charge in [0.25, 0.3) is 0 Å². The van der Waals surface area contributed by atoms with E-state index in [2.05, 4.69) is 31.0 Å². The molecule has 0 aromatic heterocycles. The van der Waals surface area contributed by atoms with Crippen molar-refractivity contribution in [2.45, 2.75) is 39.7 Å². The van der Waals surface area contributed by atoms with Gasteiger partial charge >= 0.3 is 0 Å². The van der Waals surface area contributed by atoms with Crippen LogP contribution in [-0.2, 0) is 0 Å². The lowest BCUT2D eigenvalue weighted by Gasteiger charge is -2.28. The number of hydrogen-bond acceptors (Lipinski definition) is 2. The van der Waals surface area contributed by atoms with E-state index in [1.54, 1.807) is 0 Å². The first kappa shape index (κ1) is 15.0. The molecule has 0 fully saturated rings. The summed E-state index contributed by atoms with van der Waals surface area (Å²) in [5.74, 6) is -0.175. The number of anilines is 1. The molecule has 102 valence electrons. The van der Waals surface area contributed by atoms with Crippen LogP contribution in [0, 0.1) is 5.82 Å². The summed E-state index contributed by atoms with van der Waals surface area (Å²) in [5.41, 5.74) is 1.09. The molecule has 2 nitrogen and oxygen atoms in total. The van der Waals surface area contributed by atoms with Crippen molar-refractivity contribution in [1.29, 1.82) is 0 Å². The van der Waals surface area contributed by atoms with Crippen LogP contribution in [0.1, 0.15) is 33.6 Å². The van der Waals surface area contributed by atoms with Gasteiger partial charge in [-0.25, -0.2) is 4.39 Å². The maximum absolute atomic E-state index is 12.9. The van der Waals surface area contributed by atoms with E-state index in [9.17, 15) is 4.39 Å². The van der Waals surface area contributed by atoms with Gasteiger partial charge in [-0.15, -0.1) is 0 Å². The molecule has 1 aromatic carbocycles. The maximum Gasteiger partial charge on any atom is 0.123 e. The van der Waals surface area contributed by atoms with Crippen LogP contribution < -0.4 is 10.2 Å². The average Bonchev–Trinajstić information content (AvgIpc) is 2.40. The van der Waals surface area contributed by atoms with Crippen LogP contribution in [0.5, 0.6) is 0 Å². The minimum Gasteiger partial charge on any atom is -0.370 e. The van der Waals surface area contributed by atoms with Crippen molar-refractivity contribution in [1.82, 2.24) is 5.32 Å². The Kier molecular flexibility index (Phi) is 6.73. The Labute approximate surface area is 110 Å². The first-order valence-corrected chi connectivity index (χ1v) is 6.95. The van der Waals surface area contributed by atoms with Gasteiger partial charge < -0.3 is 10.2 Å². The molecule has 0 radical (unpaired) electrons. The lowest BCUT2D eigenvalue weighted by molar-refractivity contribution is 0.491. The quantitative estimate of drug-likeness (QED) is 0.762. The summed E-state index contributed by atoms with van der Waals surface area (Å²) in [6.45, 7) is 9.48. The lowest BCUT2D eigenvalue weighted by atomic mass is 10.2. The third-order valence-corrected chi connectivity index (χ3v) is 3.19. The van der Waals surface area contributed by atoms with Crippen LogP contribution in [-0.4, -0.2) is 25.7 Å². The van der Waals surface area contributed by atoms with Crippen LogP contribution in [0.15, 0.2) is 24.3 Å². The molecule has 0 amide bonds. The van der Waals surface area contributed by atoms with Gasteiger partial charge in [0.1, 0.15) is 5.82 Å². The zero-order chi connectivity index (χ0) is 13.4. The molecule has 0 bridgehead atoms. The van der Waals surface area contributed by atoms with E-state index in [1.165, 1.54) is 12.1 Å². The molecule has 0 saturated carbocycles. The molecule has 0 saturated heterocycles. The molecular formula is C15H25FN2. The molecular weight excluding hydrogens is 227 g/mol. The smallest absolute Gasteiger partial charge is 0.123 e. The van der Waals surface area contributed by atoms with Gasteiger partial charge in [-0.1, -0.05) is 13.8 Å². The zero-order valence-electron chi connectivity index (χ0n) is 11.7. The number of halogens is 1. The first-order valence-electron chi connectivity index (χ1n) is 6.95. The lowest BCUT2D eigenvalue weighted by Crippen LogP contribution is -2.41. The van der Waals surface area contributed by atoms with E-state index in [0.717, 1.165) is 38.2 Å². The molecule has 0 aliphatic heterocycles. The molecule has 3 heteroatoms. The minimum atomic E-state index is -0.175. The summed E-state index contributed by atoms with van der Waals surface area (Å²) in [4.78, 5) is 2.29. The minimum absolute atomic E-state index is 0.175. The summed E-state index contributed by atoms with van der Waals surface area (Å²) in [6, 6.07) is 7.25. The van der Waals surface area contributed by atoms with Crippen molar-refractivity contribution in [3.63, 3.8) is 0 Å². The number of rotatable bonds is 8. The number of likely N-dealkylation sites (N-methyl/N-ethyl adjacent to an activating group) is 1. The molecule has 0 aliphatic carbocycles. The summed E-state index contributed by atoms with van der Waals surface area (Å²) >= 11 is 0. The highest BCUT2D eigenvalue weighted by atomic mass is 19.1. The van der Waals surface area contributed by atoms with Gasteiger partial charge in [0.15, 0.2) is 0 Å². The van der Waals surface area contributed by atoms with E-state index in [1.807, 2.05) is 12.1 Å². The largest absolute Gasteiger partial charge is 0.370 e. The van der Waals surface area contributed by atoms with Crippen molar-refractivity contribution < 1.29 is 4.39 Å². The van der Waals surface area contributed by atoms with Gasteiger partial charge in [-0.3, -0.25) is 0 Å². The summed E-state index contributed by atoms with van der Waals surface area (Å²) in [6.07, 6.45) is 2.26. The Balaban J connectivity index is 2.62. The van der Waals surface area contributed by atoms with Crippen molar-refractivity contribution in [3.05, 3.63) is 30.1 Å². The van der Waals surface area contributed by atoms with Gasteiger partial charge in [-0.2, -0.15) is 0 Å². The van der Waals surface area contributed by atoms with Crippen LogP contribution in [0.25, 0.3) is 0 Å². The highest BCUT2D eigenvalue weighted by molar-refractivity contribution is 5.46. The number of nitrogens with one attached hydrogen (secondary N) is 1. The molecule has 0 aliphatic rings. The monoisotopic (exact) mass is 252 g/mol. The van der Waals surface area contributed by atoms with Gasteiger partial charge in [0.05, 0.1) is 0 Å². The third-order valence-electron chi connectivity index (χ3n) is 3.19. The SMILES string of the molecule is CCCNC(CC)CN(CC)c1ccc(F)cc1. The Morgan fingerprint density at radius 2 is 1.83 bits per heavy atom. The molecule has 1 rings (SSSR count). The number of benzene rings is 1. The normalized spacial score (nSPS) is 12.4. The van der Waals surface area contributed by atoms with Crippen LogP contribution in [0.3, 0.4) is 0 Å². The van der Waals surface area contributed by atoms with Gasteiger partial charge in [-0.05, 0) is 50.6 Å². The Hall–Kier alpha value is -1.09. The molecule has 0 spiro atoms. The van der Waals surface area contributed by atoms with Gasteiger partial charge in [0.2, 0.25) is 0 Å². The zero-order valence-corrected chi connectivity index (χ0v) is 11.7. The third kappa shape index (κ3) is 4.65. The Morgan fingerprint density at radius 1 is 1.17 bits per heavy atom. The summed E-state index contributed by atoms with van der Waals surface area (Å²) in [5, 5.41) is 3.55. The molecule has 1 aromatic rings. The predicted molar refractivity (Wildman–Crippen MR) is 76.7 cm³/mol. The van der Waals surface area contributed by atoms with E-state index in [0.29, 0.717) is 6.04 Å². The van der Waals surface area contributed by atoms with Crippen molar-refractivity contribution in [3.8, 4) is 0 Å². The van der Waals surface area contributed by atoms with Crippen molar-refractivity contribution in [2.24, 2.45) is 0 Å². The number of hydrogen-bond donors (Lipinski definition) is 1. The summed E-state index contributed by atoms with van der Waals surface area (Å²) in [7, 11) is 0. The Bertz CT molecular complexity index is 324. The second-order valence-corrected chi connectivity index (χ2v) is 4.57. The maximum atomic E-state index is 12.9. The standard InChI is InChI=1S/C15H25FN2/c1-4-11-17-14(5-2)12-18(6-3)15-9-7-13(16)8-10-15/h7-10,14,17H,4-6,11-12H2,1-3H3. The van der Waals surface area contributed by atoms with E-state index in [-0.39, 0.29) is 5.82 Å². The topological polar surface area (TPSA) is 15.3 Å². The molecule has 0 heterocycles. The molecule has 1 unspecified atom stereocenters. The van der Waals surface area contributed by atoms with E-state index < -0.39 is 0 Å². The fraction of sp³-hybridized carbons (Fsp3) is 0.600. The average molecular weight is 252 g/mol. The predicted octanol–water partition coefficient (Wildman–Crippen LogP) is 3.43. The summed E-state index contributed by atoms with van der Waals surface area (Å²) < 4.78 is 12.9. The van der Waals surface area contributed by atoms with E-state index >= 15 is 0 Å². The molecule has 18 heavy (non-hydrogen) atoms. The number of nitrogens with zero attached hydrogens (tertiary/aromatic N) is 1. The van der Waals surface area contributed by atoms with Crippen LogP contribution in [0.2, 0.25) is 0 Å². The second-order valence-electron chi connectivity index (χ2n) is 4.57.